The zero-order chi connectivity index (χ0) is 21.0. The molecule has 2 aromatic carbocycles. The number of aryl methyl sites for hydroxylation is 1. The van der Waals surface area contributed by atoms with Gasteiger partial charge in [-0.15, -0.1) is 0 Å². The lowest BCUT2D eigenvalue weighted by molar-refractivity contribution is 0.171. The van der Waals surface area contributed by atoms with Gasteiger partial charge < -0.3 is 14.6 Å². The summed E-state index contributed by atoms with van der Waals surface area (Å²) in [6.07, 6.45) is 3.26. The van der Waals surface area contributed by atoms with Crippen molar-refractivity contribution in [3.8, 4) is 16.9 Å². The second-order valence-corrected chi connectivity index (χ2v) is 8.83. The van der Waals surface area contributed by atoms with Crippen LogP contribution >= 0.6 is 0 Å². The highest BCUT2D eigenvalue weighted by molar-refractivity contribution is 7.90. The summed E-state index contributed by atoms with van der Waals surface area (Å²) in [5, 5.41) is 2.69. The summed E-state index contributed by atoms with van der Waals surface area (Å²) in [7, 11) is -2.01. The van der Waals surface area contributed by atoms with Gasteiger partial charge in [-0.1, -0.05) is 24.3 Å². The van der Waals surface area contributed by atoms with Gasteiger partial charge in [-0.3, -0.25) is 0 Å². The molecule has 1 amide bonds. The van der Waals surface area contributed by atoms with Crippen LogP contribution < -0.4 is 5.32 Å². The number of para-hydroxylation sites is 1. The fourth-order valence-electron chi connectivity index (χ4n) is 3.24. The molecule has 6 nitrogen and oxygen atoms in total. The van der Waals surface area contributed by atoms with E-state index >= 15 is 0 Å². The highest BCUT2D eigenvalue weighted by Crippen LogP contribution is 2.32. The van der Waals surface area contributed by atoms with Gasteiger partial charge in [0, 0.05) is 30.2 Å². The number of sulfone groups is 1. The fourth-order valence-corrected chi connectivity index (χ4v) is 3.89. The number of nitrogens with zero attached hydrogens (tertiary/aromatic N) is 1. The molecule has 1 N–H and O–H groups in total. The average molecular weight is 413 g/mol. The summed E-state index contributed by atoms with van der Waals surface area (Å²) in [6, 6.07) is 17.0. The number of methoxy groups -OCH3 is 1. The maximum absolute atomic E-state index is 12.1. The van der Waals surface area contributed by atoms with Crippen LogP contribution in [0.2, 0.25) is 0 Å². The number of benzene rings is 2. The standard InChI is InChI=1S/C22H24N2O4S/c1-16-9-10-19(29(3,26)27)15-20(16)21-17(11-13-23-22(25)28-2)12-14-24(21)18-7-5-4-6-8-18/h4-10,12,14-15H,11,13H2,1-3H3,(H,23,25). The molecule has 3 aromatic rings. The fraction of sp³-hybridized carbons (Fsp3) is 0.227. The highest BCUT2D eigenvalue weighted by Gasteiger charge is 2.18. The van der Waals surface area contributed by atoms with E-state index in [2.05, 4.69) is 10.1 Å². The number of alkyl carbamates (subject to hydrolysis) is 1. The molecule has 152 valence electrons. The number of aromatic nitrogens is 1. The normalized spacial score (nSPS) is 11.3. The van der Waals surface area contributed by atoms with Crippen LogP contribution in [0.1, 0.15) is 11.1 Å². The predicted octanol–water partition coefficient (Wildman–Crippen LogP) is 3.75. The minimum Gasteiger partial charge on any atom is -0.453 e. The third kappa shape index (κ3) is 4.68. The van der Waals surface area contributed by atoms with Gasteiger partial charge in [0.15, 0.2) is 9.84 Å². The molecule has 0 fully saturated rings. The van der Waals surface area contributed by atoms with Crippen molar-refractivity contribution in [1.82, 2.24) is 9.88 Å². The number of ether oxygens (including phenoxy) is 1. The monoisotopic (exact) mass is 412 g/mol. The van der Waals surface area contributed by atoms with Crippen molar-refractivity contribution in [1.29, 1.82) is 0 Å². The Balaban J connectivity index is 2.12. The molecule has 0 aliphatic rings. The Labute approximate surface area is 171 Å². The van der Waals surface area contributed by atoms with E-state index in [9.17, 15) is 13.2 Å². The van der Waals surface area contributed by atoms with Crippen molar-refractivity contribution in [3.05, 3.63) is 71.9 Å². The van der Waals surface area contributed by atoms with Gasteiger partial charge in [0.1, 0.15) is 0 Å². The van der Waals surface area contributed by atoms with Gasteiger partial charge in [-0.25, -0.2) is 13.2 Å². The number of hydrogen-bond acceptors (Lipinski definition) is 4. The molecule has 0 saturated heterocycles. The maximum atomic E-state index is 12.1. The Morgan fingerprint density at radius 1 is 1.10 bits per heavy atom. The van der Waals surface area contributed by atoms with Gasteiger partial charge in [-0.2, -0.15) is 0 Å². The smallest absolute Gasteiger partial charge is 0.406 e. The largest absolute Gasteiger partial charge is 0.453 e. The number of rotatable bonds is 6. The first-order valence-corrected chi connectivity index (χ1v) is 11.1. The molecule has 0 unspecified atom stereocenters. The zero-order valence-electron chi connectivity index (χ0n) is 16.7. The molecule has 1 heterocycles. The van der Waals surface area contributed by atoms with E-state index in [1.807, 2.05) is 60.2 Å². The Hall–Kier alpha value is -3.06. The van der Waals surface area contributed by atoms with E-state index in [0.29, 0.717) is 13.0 Å². The van der Waals surface area contributed by atoms with Gasteiger partial charge >= 0.3 is 6.09 Å². The second kappa shape index (κ2) is 8.53. The molecule has 0 radical (unpaired) electrons. The van der Waals surface area contributed by atoms with Crippen LogP contribution in [0, 0.1) is 6.92 Å². The molecule has 0 aliphatic carbocycles. The van der Waals surface area contributed by atoms with E-state index in [0.717, 1.165) is 28.1 Å². The molecular formula is C22H24N2O4S. The van der Waals surface area contributed by atoms with Crippen LogP contribution in [-0.4, -0.2) is 39.0 Å². The Morgan fingerprint density at radius 2 is 1.83 bits per heavy atom. The van der Waals surface area contributed by atoms with Crippen molar-refractivity contribution in [2.24, 2.45) is 0 Å². The van der Waals surface area contributed by atoms with Crippen LogP contribution in [0.25, 0.3) is 16.9 Å². The third-order valence-electron chi connectivity index (χ3n) is 4.75. The molecule has 0 bridgehead atoms. The summed E-state index contributed by atoms with van der Waals surface area (Å²) < 4.78 is 30.9. The minimum atomic E-state index is -3.34. The van der Waals surface area contributed by atoms with Crippen molar-refractivity contribution < 1.29 is 17.9 Å². The van der Waals surface area contributed by atoms with E-state index in [1.54, 1.807) is 12.1 Å². The van der Waals surface area contributed by atoms with Crippen LogP contribution in [0.3, 0.4) is 0 Å². The molecule has 0 saturated carbocycles. The first-order chi connectivity index (χ1) is 13.8. The Morgan fingerprint density at radius 3 is 2.48 bits per heavy atom. The van der Waals surface area contributed by atoms with Crippen molar-refractivity contribution in [2.75, 3.05) is 19.9 Å². The number of carbonyl (C=O) groups is 1. The van der Waals surface area contributed by atoms with E-state index < -0.39 is 15.9 Å². The van der Waals surface area contributed by atoms with Crippen molar-refractivity contribution in [2.45, 2.75) is 18.2 Å². The van der Waals surface area contributed by atoms with Crippen molar-refractivity contribution >= 4 is 15.9 Å². The quantitative estimate of drug-likeness (QED) is 0.669. The molecule has 7 heteroatoms. The van der Waals surface area contributed by atoms with Crippen LogP contribution in [0.4, 0.5) is 4.79 Å². The first kappa shape index (κ1) is 20.7. The molecule has 1 aromatic heterocycles. The number of carbonyl (C=O) groups excluding carboxylic acids is 1. The number of hydrogen-bond donors (Lipinski definition) is 1. The first-order valence-electron chi connectivity index (χ1n) is 9.20. The molecule has 0 spiro atoms. The molecule has 29 heavy (non-hydrogen) atoms. The maximum Gasteiger partial charge on any atom is 0.406 e. The SMILES string of the molecule is COC(=O)NCCc1ccn(-c2ccccc2)c1-c1cc(S(C)(=O)=O)ccc1C. The van der Waals surface area contributed by atoms with E-state index in [-0.39, 0.29) is 4.90 Å². The summed E-state index contributed by atoms with van der Waals surface area (Å²) >= 11 is 0. The van der Waals surface area contributed by atoms with Crippen molar-refractivity contribution in [3.63, 3.8) is 0 Å². The van der Waals surface area contributed by atoms with Crippen LogP contribution in [-0.2, 0) is 21.0 Å². The minimum absolute atomic E-state index is 0.276. The highest BCUT2D eigenvalue weighted by atomic mass is 32.2. The summed E-state index contributed by atoms with van der Waals surface area (Å²) in [4.78, 5) is 11.7. The van der Waals surface area contributed by atoms with Gasteiger partial charge in [0.2, 0.25) is 0 Å². The molecule has 0 aliphatic heterocycles. The topological polar surface area (TPSA) is 77.4 Å². The lowest BCUT2D eigenvalue weighted by atomic mass is 10.0. The average Bonchev–Trinajstić information content (AvgIpc) is 3.11. The predicted molar refractivity (Wildman–Crippen MR) is 113 cm³/mol. The van der Waals surface area contributed by atoms with Crippen LogP contribution in [0.5, 0.6) is 0 Å². The Bertz CT molecular complexity index is 1120. The van der Waals surface area contributed by atoms with Gasteiger partial charge in [0.25, 0.3) is 0 Å². The summed E-state index contributed by atoms with van der Waals surface area (Å²) in [5.41, 5.74) is 4.69. The summed E-state index contributed by atoms with van der Waals surface area (Å²) in [5.74, 6) is 0. The van der Waals surface area contributed by atoms with E-state index in [1.165, 1.54) is 13.4 Å². The van der Waals surface area contributed by atoms with Gasteiger partial charge in [-0.05, 0) is 54.8 Å². The molecule has 0 atom stereocenters. The summed E-state index contributed by atoms with van der Waals surface area (Å²) in [6.45, 7) is 2.36. The van der Waals surface area contributed by atoms with Crippen LogP contribution in [0.15, 0.2) is 65.7 Å². The van der Waals surface area contributed by atoms with E-state index in [4.69, 9.17) is 0 Å². The lowest BCUT2D eigenvalue weighted by Gasteiger charge is -2.15. The van der Waals surface area contributed by atoms with Gasteiger partial charge in [0.05, 0.1) is 17.7 Å². The molecular weight excluding hydrogens is 388 g/mol. The molecule has 3 rings (SSSR count). The Kier molecular flexibility index (Phi) is 6.08. The lowest BCUT2D eigenvalue weighted by Crippen LogP contribution is -2.25. The zero-order valence-corrected chi connectivity index (χ0v) is 17.5. The third-order valence-corrected chi connectivity index (χ3v) is 5.86. The number of nitrogens with one attached hydrogen (secondary N) is 1. The number of amides is 1. The second-order valence-electron chi connectivity index (χ2n) is 6.81.